The van der Waals surface area contributed by atoms with Crippen molar-refractivity contribution in [2.45, 2.75) is 0 Å². The summed E-state index contributed by atoms with van der Waals surface area (Å²) in [5, 5.41) is 3.11. The van der Waals surface area contributed by atoms with Gasteiger partial charge in [-0.3, -0.25) is 0 Å². The number of nitrogen functional groups attached to an aromatic ring is 1. The lowest BCUT2D eigenvalue weighted by Crippen LogP contribution is -1.97. The summed E-state index contributed by atoms with van der Waals surface area (Å²) in [5.74, 6) is 3.11. The van der Waals surface area contributed by atoms with Crippen LogP contribution in [-0.2, 0) is 0 Å². The maximum atomic E-state index is 5.73. The van der Waals surface area contributed by atoms with Gasteiger partial charge in [0.05, 0.1) is 6.54 Å². The molecule has 0 fully saturated rings. The Morgan fingerprint density at radius 1 is 1.20 bits per heavy atom. The zero-order chi connectivity index (χ0) is 13.9. The summed E-state index contributed by atoms with van der Waals surface area (Å²) in [6, 6.07) is 13.1. The van der Waals surface area contributed by atoms with Gasteiger partial charge in [0.25, 0.3) is 0 Å². The minimum Gasteiger partial charge on any atom is -0.436 e. The molecule has 0 radical (unpaired) electrons. The topological polar surface area (TPSA) is 64.1 Å². The molecule has 4 nitrogen and oxygen atoms in total. The molecule has 1 aromatic heterocycles. The van der Waals surface area contributed by atoms with E-state index in [1.165, 1.54) is 0 Å². The molecule has 0 aliphatic heterocycles. The first-order valence-corrected chi connectivity index (χ1v) is 6.20. The first kappa shape index (κ1) is 12.1. The average molecular weight is 263 g/mol. The van der Waals surface area contributed by atoms with Crippen molar-refractivity contribution in [1.29, 1.82) is 0 Å². The number of nitrogens with zero attached hydrogens (tertiary/aromatic N) is 1. The minimum absolute atomic E-state index is 0.480. The number of anilines is 2. The molecule has 4 heteroatoms. The van der Waals surface area contributed by atoms with Crippen LogP contribution in [0.5, 0.6) is 0 Å². The molecule has 0 spiro atoms. The van der Waals surface area contributed by atoms with E-state index in [-0.39, 0.29) is 0 Å². The van der Waals surface area contributed by atoms with Crippen molar-refractivity contribution in [1.82, 2.24) is 4.98 Å². The van der Waals surface area contributed by atoms with E-state index in [4.69, 9.17) is 16.6 Å². The molecule has 0 saturated heterocycles. The van der Waals surface area contributed by atoms with Crippen molar-refractivity contribution in [3.05, 3.63) is 42.5 Å². The number of rotatable bonds is 3. The molecule has 0 aliphatic carbocycles. The third kappa shape index (κ3) is 2.29. The average Bonchev–Trinajstić information content (AvgIpc) is 2.89. The van der Waals surface area contributed by atoms with E-state index in [1.54, 1.807) is 0 Å². The van der Waals surface area contributed by atoms with Gasteiger partial charge in [-0.25, -0.2) is 4.98 Å². The maximum absolute atomic E-state index is 5.73. The maximum Gasteiger partial charge on any atom is 0.227 e. The van der Waals surface area contributed by atoms with Crippen LogP contribution in [0, 0.1) is 12.3 Å². The number of nitrogens with one attached hydrogen (secondary N) is 1. The summed E-state index contributed by atoms with van der Waals surface area (Å²) in [6.07, 6.45) is 5.22. The molecule has 0 bridgehead atoms. The lowest BCUT2D eigenvalue weighted by Gasteiger charge is -2.00. The van der Waals surface area contributed by atoms with E-state index >= 15 is 0 Å². The summed E-state index contributed by atoms with van der Waals surface area (Å²) >= 11 is 0. The van der Waals surface area contributed by atoms with E-state index in [1.807, 2.05) is 42.5 Å². The molecule has 0 atom stereocenters. The van der Waals surface area contributed by atoms with Crippen LogP contribution in [0.3, 0.4) is 0 Å². The second-order valence-corrected chi connectivity index (χ2v) is 4.38. The Hall–Kier alpha value is -2.93. The highest BCUT2D eigenvalue weighted by Gasteiger charge is 2.08. The van der Waals surface area contributed by atoms with Crippen molar-refractivity contribution in [2.75, 3.05) is 17.6 Å². The van der Waals surface area contributed by atoms with Gasteiger partial charge in [0.1, 0.15) is 5.52 Å². The fourth-order valence-electron chi connectivity index (χ4n) is 1.94. The number of aromatic nitrogens is 1. The Labute approximate surface area is 116 Å². The Bertz CT molecular complexity index is 782. The van der Waals surface area contributed by atoms with Crippen molar-refractivity contribution >= 4 is 22.5 Å². The first-order chi connectivity index (χ1) is 9.76. The van der Waals surface area contributed by atoms with Gasteiger partial charge >= 0.3 is 0 Å². The van der Waals surface area contributed by atoms with Gasteiger partial charge in [-0.05, 0) is 42.5 Å². The van der Waals surface area contributed by atoms with Gasteiger partial charge in [-0.2, -0.15) is 0 Å². The van der Waals surface area contributed by atoms with Crippen LogP contribution in [0.1, 0.15) is 0 Å². The van der Waals surface area contributed by atoms with E-state index in [9.17, 15) is 0 Å². The molecule has 3 rings (SSSR count). The zero-order valence-electron chi connectivity index (χ0n) is 10.8. The van der Waals surface area contributed by atoms with Gasteiger partial charge in [-0.1, -0.05) is 5.92 Å². The summed E-state index contributed by atoms with van der Waals surface area (Å²) in [4.78, 5) is 4.48. The molecule has 0 saturated carbocycles. The van der Waals surface area contributed by atoms with Gasteiger partial charge in [0.15, 0.2) is 5.58 Å². The monoisotopic (exact) mass is 263 g/mol. The van der Waals surface area contributed by atoms with E-state index in [2.05, 4.69) is 16.2 Å². The third-order valence-electron chi connectivity index (χ3n) is 2.94. The van der Waals surface area contributed by atoms with Crippen LogP contribution in [0.15, 0.2) is 46.9 Å². The van der Waals surface area contributed by atoms with Crippen LogP contribution in [-0.4, -0.2) is 11.5 Å². The highest BCUT2D eigenvalue weighted by Crippen LogP contribution is 2.26. The van der Waals surface area contributed by atoms with Crippen LogP contribution >= 0.6 is 0 Å². The zero-order valence-corrected chi connectivity index (χ0v) is 10.8. The van der Waals surface area contributed by atoms with Crippen LogP contribution in [0.4, 0.5) is 11.4 Å². The number of hydrogen-bond donors (Lipinski definition) is 2. The molecular formula is C16H13N3O. The lowest BCUT2D eigenvalue weighted by molar-refractivity contribution is 0.620. The lowest BCUT2D eigenvalue weighted by atomic mass is 10.2. The van der Waals surface area contributed by atoms with E-state index in [0.29, 0.717) is 18.1 Å². The number of benzene rings is 2. The number of terminal acetylenes is 1. The summed E-state index contributed by atoms with van der Waals surface area (Å²) in [7, 11) is 0. The standard InChI is InChI=1S/C16H13N3O/c1-2-9-18-13-7-8-15-14(10-13)19-16(20-15)11-3-5-12(17)6-4-11/h1,3-8,10,18H,9,17H2. The Morgan fingerprint density at radius 2 is 2.00 bits per heavy atom. The van der Waals surface area contributed by atoms with Gasteiger partial charge in [-0.15, -0.1) is 6.42 Å². The smallest absolute Gasteiger partial charge is 0.227 e. The highest BCUT2D eigenvalue weighted by molar-refractivity contribution is 5.80. The first-order valence-electron chi connectivity index (χ1n) is 6.20. The predicted octanol–water partition coefficient (Wildman–Crippen LogP) is 3.12. The fraction of sp³-hybridized carbons (Fsp3) is 0.0625. The quantitative estimate of drug-likeness (QED) is 0.563. The van der Waals surface area contributed by atoms with Crippen molar-refractivity contribution in [3.8, 4) is 23.8 Å². The summed E-state index contributed by atoms with van der Waals surface area (Å²) < 4.78 is 5.73. The number of fused-ring (bicyclic) bond motifs is 1. The predicted molar refractivity (Wildman–Crippen MR) is 81.2 cm³/mol. The summed E-state index contributed by atoms with van der Waals surface area (Å²) in [6.45, 7) is 0.480. The molecule has 2 aromatic carbocycles. The number of oxazole rings is 1. The Kier molecular flexibility index (Phi) is 3.02. The molecule has 20 heavy (non-hydrogen) atoms. The molecule has 0 aliphatic rings. The van der Waals surface area contributed by atoms with E-state index in [0.717, 1.165) is 22.4 Å². The van der Waals surface area contributed by atoms with Crippen LogP contribution in [0.2, 0.25) is 0 Å². The van der Waals surface area contributed by atoms with E-state index < -0.39 is 0 Å². The normalized spacial score (nSPS) is 10.3. The molecule has 0 amide bonds. The Morgan fingerprint density at radius 3 is 2.75 bits per heavy atom. The molecular weight excluding hydrogens is 250 g/mol. The highest BCUT2D eigenvalue weighted by atomic mass is 16.3. The summed E-state index contributed by atoms with van der Waals surface area (Å²) in [5.41, 5.74) is 9.73. The van der Waals surface area contributed by atoms with Crippen LogP contribution < -0.4 is 11.1 Å². The molecule has 1 heterocycles. The largest absolute Gasteiger partial charge is 0.436 e. The fourth-order valence-corrected chi connectivity index (χ4v) is 1.94. The number of hydrogen-bond acceptors (Lipinski definition) is 4. The number of nitrogens with two attached hydrogens (primary N) is 1. The van der Waals surface area contributed by atoms with Gasteiger partial charge in [0.2, 0.25) is 5.89 Å². The molecule has 0 unspecified atom stereocenters. The Balaban J connectivity index is 1.98. The SMILES string of the molecule is C#CCNc1ccc2oc(-c3ccc(N)cc3)nc2c1. The van der Waals surface area contributed by atoms with Crippen molar-refractivity contribution in [3.63, 3.8) is 0 Å². The second-order valence-electron chi connectivity index (χ2n) is 4.38. The van der Waals surface area contributed by atoms with Crippen molar-refractivity contribution < 1.29 is 4.42 Å². The van der Waals surface area contributed by atoms with Gasteiger partial charge < -0.3 is 15.5 Å². The van der Waals surface area contributed by atoms with Crippen LogP contribution in [0.25, 0.3) is 22.6 Å². The molecule has 3 N–H and O–H groups in total. The van der Waals surface area contributed by atoms with Gasteiger partial charge in [0, 0.05) is 16.9 Å². The second kappa shape index (κ2) is 4.98. The van der Waals surface area contributed by atoms with Crippen molar-refractivity contribution in [2.24, 2.45) is 0 Å². The minimum atomic E-state index is 0.480. The molecule has 98 valence electrons. The molecule has 3 aromatic rings. The third-order valence-corrected chi connectivity index (χ3v) is 2.94.